The van der Waals surface area contributed by atoms with E-state index in [0.717, 1.165) is 31.9 Å². The Kier molecular flexibility index (Phi) is 7.15. The summed E-state index contributed by atoms with van der Waals surface area (Å²) < 4.78 is 0. The van der Waals surface area contributed by atoms with Crippen LogP contribution in [0.1, 0.15) is 37.4 Å². The van der Waals surface area contributed by atoms with Crippen molar-refractivity contribution in [3.63, 3.8) is 0 Å². The summed E-state index contributed by atoms with van der Waals surface area (Å²) in [5.41, 5.74) is 2.46. The second-order valence-corrected chi connectivity index (χ2v) is 5.81. The lowest BCUT2D eigenvalue weighted by molar-refractivity contribution is 0.475. The zero-order chi connectivity index (χ0) is 17.2. The summed E-state index contributed by atoms with van der Waals surface area (Å²) in [6.45, 7) is 5.81. The third-order valence-electron chi connectivity index (χ3n) is 3.83. The van der Waals surface area contributed by atoms with Gasteiger partial charge in [-0.2, -0.15) is 0 Å². The van der Waals surface area contributed by atoms with Gasteiger partial charge >= 0.3 is 0 Å². The lowest BCUT2D eigenvalue weighted by Crippen LogP contribution is -2.38. The van der Waals surface area contributed by atoms with E-state index in [1.54, 1.807) is 12.1 Å². The van der Waals surface area contributed by atoms with Gasteiger partial charge < -0.3 is 15.7 Å². The van der Waals surface area contributed by atoms with Crippen LogP contribution >= 0.6 is 0 Å². The van der Waals surface area contributed by atoms with Crippen molar-refractivity contribution in [1.82, 2.24) is 10.6 Å². The van der Waals surface area contributed by atoms with Gasteiger partial charge in [-0.15, -0.1) is 0 Å². The number of guanidine groups is 1. The van der Waals surface area contributed by atoms with E-state index in [4.69, 9.17) is 0 Å². The highest BCUT2D eigenvalue weighted by atomic mass is 16.3. The molecular formula is C20H27N3O. The Morgan fingerprint density at radius 1 is 1.08 bits per heavy atom. The topological polar surface area (TPSA) is 56.7 Å². The number of aliphatic imine (C=N–C) groups is 1. The van der Waals surface area contributed by atoms with Crippen LogP contribution in [0.5, 0.6) is 5.75 Å². The number of rotatable bonds is 7. The van der Waals surface area contributed by atoms with Gasteiger partial charge in [0.2, 0.25) is 0 Å². The van der Waals surface area contributed by atoms with Crippen LogP contribution in [0.2, 0.25) is 0 Å². The highest BCUT2D eigenvalue weighted by Crippen LogP contribution is 2.12. The van der Waals surface area contributed by atoms with Gasteiger partial charge in [0.25, 0.3) is 0 Å². The molecular weight excluding hydrogens is 298 g/mol. The van der Waals surface area contributed by atoms with Crippen LogP contribution in [0.15, 0.2) is 59.6 Å². The van der Waals surface area contributed by atoms with Crippen molar-refractivity contribution >= 4 is 5.96 Å². The fourth-order valence-corrected chi connectivity index (χ4v) is 2.49. The predicted octanol–water partition coefficient (Wildman–Crippen LogP) is 3.64. The first kappa shape index (κ1) is 17.9. The number of phenols is 1. The molecule has 0 aliphatic carbocycles. The highest BCUT2D eigenvalue weighted by Gasteiger charge is 2.06. The van der Waals surface area contributed by atoms with Crippen LogP contribution in [0.4, 0.5) is 0 Å². The Hall–Kier alpha value is -2.49. The fourth-order valence-electron chi connectivity index (χ4n) is 2.49. The zero-order valence-electron chi connectivity index (χ0n) is 14.5. The lowest BCUT2D eigenvalue weighted by atomic mass is 10.1. The molecule has 4 nitrogen and oxygen atoms in total. The van der Waals surface area contributed by atoms with Crippen LogP contribution in [0, 0.1) is 0 Å². The maximum absolute atomic E-state index is 9.30. The number of benzene rings is 2. The molecule has 2 aromatic carbocycles. The minimum Gasteiger partial charge on any atom is -0.508 e. The van der Waals surface area contributed by atoms with E-state index < -0.39 is 0 Å². The van der Waals surface area contributed by atoms with Gasteiger partial charge in [-0.25, -0.2) is 0 Å². The summed E-state index contributed by atoms with van der Waals surface area (Å²) in [5.74, 6) is 1.16. The normalized spacial score (nSPS) is 12.7. The number of phenolic OH excluding ortho intramolecular Hbond substituents is 1. The van der Waals surface area contributed by atoms with Gasteiger partial charge in [-0.3, -0.25) is 4.99 Å². The fraction of sp³-hybridized carbons (Fsp3) is 0.350. The Morgan fingerprint density at radius 3 is 2.46 bits per heavy atom. The Morgan fingerprint density at radius 2 is 1.79 bits per heavy atom. The van der Waals surface area contributed by atoms with Gasteiger partial charge in [-0.05, 0) is 49.9 Å². The van der Waals surface area contributed by atoms with E-state index in [2.05, 4.69) is 53.7 Å². The molecule has 24 heavy (non-hydrogen) atoms. The van der Waals surface area contributed by atoms with Gasteiger partial charge in [-0.1, -0.05) is 42.5 Å². The van der Waals surface area contributed by atoms with Crippen molar-refractivity contribution in [1.29, 1.82) is 0 Å². The van der Waals surface area contributed by atoms with Crippen molar-refractivity contribution < 1.29 is 5.11 Å². The van der Waals surface area contributed by atoms with Crippen molar-refractivity contribution in [3.8, 4) is 5.75 Å². The first-order chi connectivity index (χ1) is 11.7. The summed E-state index contributed by atoms with van der Waals surface area (Å²) in [6, 6.07) is 17.9. The third-order valence-corrected chi connectivity index (χ3v) is 3.83. The smallest absolute Gasteiger partial charge is 0.191 e. The van der Waals surface area contributed by atoms with E-state index in [1.165, 1.54) is 11.1 Å². The van der Waals surface area contributed by atoms with E-state index >= 15 is 0 Å². The number of aromatic hydroxyl groups is 1. The SMILES string of the molecule is CCNC(=NCCCc1ccc(O)cc1)NC(C)c1ccccc1. The molecule has 0 bridgehead atoms. The molecule has 2 aromatic rings. The van der Waals surface area contributed by atoms with Crippen LogP contribution in [-0.4, -0.2) is 24.2 Å². The molecule has 128 valence electrons. The molecule has 0 saturated carbocycles. The van der Waals surface area contributed by atoms with Crippen molar-refractivity contribution in [2.75, 3.05) is 13.1 Å². The molecule has 0 aliphatic rings. The van der Waals surface area contributed by atoms with E-state index in [9.17, 15) is 5.11 Å². The second-order valence-electron chi connectivity index (χ2n) is 5.81. The molecule has 0 fully saturated rings. The van der Waals surface area contributed by atoms with Crippen molar-refractivity contribution in [3.05, 3.63) is 65.7 Å². The molecule has 0 heterocycles. The monoisotopic (exact) mass is 325 g/mol. The molecule has 4 heteroatoms. The summed E-state index contributed by atoms with van der Waals surface area (Å²) in [4.78, 5) is 4.66. The van der Waals surface area contributed by atoms with E-state index in [0.29, 0.717) is 5.75 Å². The maximum atomic E-state index is 9.30. The van der Waals surface area contributed by atoms with E-state index in [1.807, 2.05) is 18.2 Å². The Labute approximate surface area is 144 Å². The average Bonchev–Trinajstić information content (AvgIpc) is 2.61. The van der Waals surface area contributed by atoms with Gasteiger partial charge in [0.05, 0.1) is 6.04 Å². The van der Waals surface area contributed by atoms with Crippen LogP contribution in [0.3, 0.4) is 0 Å². The molecule has 2 rings (SSSR count). The molecule has 0 saturated heterocycles. The summed E-state index contributed by atoms with van der Waals surface area (Å²) in [7, 11) is 0. The molecule has 0 aliphatic heterocycles. The largest absolute Gasteiger partial charge is 0.508 e. The summed E-state index contributed by atoms with van der Waals surface area (Å²) in [6.07, 6.45) is 1.93. The molecule has 0 radical (unpaired) electrons. The number of hydrogen-bond acceptors (Lipinski definition) is 2. The number of nitrogens with one attached hydrogen (secondary N) is 2. The van der Waals surface area contributed by atoms with Crippen LogP contribution < -0.4 is 10.6 Å². The predicted molar refractivity (Wildman–Crippen MR) is 100 cm³/mol. The number of nitrogens with zero attached hydrogens (tertiary/aromatic N) is 1. The third kappa shape index (κ3) is 5.95. The Balaban J connectivity index is 1.84. The molecule has 0 aromatic heterocycles. The molecule has 1 unspecified atom stereocenters. The quantitative estimate of drug-likeness (QED) is 0.414. The van der Waals surface area contributed by atoms with Crippen molar-refractivity contribution in [2.24, 2.45) is 4.99 Å². The van der Waals surface area contributed by atoms with Crippen LogP contribution in [0.25, 0.3) is 0 Å². The minimum absolute atomic E-state index is 0.209. The molecule has 3 N–H and O–H groups in total. The molecule has 0 amide bonds. The highest BCUT2D eigenvalue weighted by molar-refractivity contribution is 5.80. The van der Waals surface area contributed by atoms with Crippen molar-refractivity contribution in [2.45, 2.75) is 32.7 Å². The summed E-state index contributed by atoms with van der Waals surface area (Å²) >= 11 is 0. The number of aryl methyl sites for hydroxylation is 1. The number of hydrogen-bond donors (Lipinski definition) is 3. The maximum Gasteiger partial charge on any atom is 0.191 e. The first-order valence-corrected chi connectivity index (χ1v) is 8.56. The second kappa shape index (κ2) is 9.60. The standard InChI is InChI=1S/C20H27N3O/c1-3-21-20(23-16(2)18-9-5-4-6-10-18)22-15-7-8-17-11-13-19(24)14-12-17/h4-6,9-14,16,24H,3,7-8,15H2,1-2H3,(H2,21,22,23). The molecule has 1 atom stereocenters. The van der Waals surface area contributed by atoms with Gasteiger partial charge in [0.15, 0.2) is 5.96 Å². The lowest BCUT2D eigenvalue weighted by Gasteiger charge is -2.18. The zero-order valence-corrected chi connectivity index (χ0v) is 14.5. The summed E-state index contributed by atoms with van der Waals surface area (Å²) in [5, 5.41) is 16.0. The van der Waals surface area contributed by atoms with Gasteiger partial charge in [0.1, 0.15) is 5.75 Å². The molecule has 0 spiro atoms. The average molecular weight is 325 g/mol. The van der Waals surface area contributed by atoms with E-state index in [-0.39, 0.29) is 6.04 Å². The Bertz CT molecular complexity index is 623. The van der Waals surface area contributed by atoms with Gasteiger partial charge in [0, 0.05) is 13.1 Å². The minimum atomic E-state index is 0.209. The van der Waals surface area contributed by atoms with Crippen LogP contribution in [-0.2, 0) is 6.42 Å². The first-order valence-electron chi connectivity index (χ1n) is 8.56.